The molecule has 0 aliphatic rings. The van der Waals surface area contributed by atoms with Crippen molar-refractivity contribution in [2.75, 3.05) is 0 Å². The number of alkyl halides is 17. The van der Waals surface area contributed by atoms with Crippen LogP contribution in [-0.2, 0) is 0 Å². The van der Waals surface area contributed by atoms with Crippen LogP contribution in [0.3, 0.4) is 0 Å². The van der Waals surface area contributed by atoms with E-state index in [1.54, 1.807) is 0 Å². The Morgan fingerprint density at radius 1 is 0.321 bits per heavy atom. The van der Waals surface area contributed by atoms with Gasteiger partial charge in [0.25, 0.3) is 0 Å². The molecule has 0 N–H and O–H groups in total. The molecule has 0 aromatic heterocycles. The Bertz CT molecular complexity index is 564. The summed E-state index contributed by atoms with van der Waals surface area (Å²) < 4.78 is 1.23. The fourth-order valence-electron chi connectivity index (χ4n) is 1.28. The Hall–Kier alpha value is 13.9. The molecular weight excluding hydrogens is 2520 g/mol. The molecule has 0 amide bonds. The molecule has 0 atom stereocenters. The van der Waals surface area contributed by atoms with Gasteiger partial charge < -0.3 is 0 Å². The van der Waals surface area contributed by atoms with Gasteiger partial charge in [0, 0.05) is 0 Å². The van der Waals surface area contributed by atoms with Gasteiger partial charge in [-0.2, -0.15) is 0 Å². The Morgan fingerprint density at radius 3 is 0.750 bits per heavy atom. The predicted molar refractivity (Wildman–Crippen MR) is 291 cm³/mol. The van der Waals surface area contributed by atoms with Crippen LogP contribution in [0.2, 0.25) is 0 Å². The normalized spacial score (nSPS) is 16.7. The number of rotatable bonds is 8. The highest BCUT2D eigenvalue weighted by Crippen LogP contribution is 2.80. The molecule has 0 saturated carbocycles. The molecule has 19 heteroatoms. The molecule has 0 heterocycles. The highest BCUT2D eigenvalue weighted by Gasteiger charge is 2.77. The van der Waals surface area contributed by atoms with Gasteiger partial charge in [-0.1, -0.05) is 429 Å². The van der Waals surface area contributed by atoms with Crippen LogP contribution in [0.4, 0.5) is 0 Å². The monoisotopic (exact) mass is 2520 g/mol. The maximum Gasteiger partial charge on any atom is 0.149 e. The first-order chi connectivity index (χ1) is 11.7. The topological polar surface area (TPSA) is 0 Å². The van der Waals surface area contributed by atoms with Crippen molar-refractivity contribution >= 4 is 429 Å². The van der Waals surface area contributed by atoms with Gasteiger partial charge in [0.15, 0.2) is 0 Å². The molecule has 0 spiro atoms. The molecule has 169 valence electrons. The van der Waals surface area contributed by atoms with Crippen molar-refractivity contribution in [1.29, 1.82) is 0 Å². The molecule has 0 aromatic carbocycles. The van der Waals surface area contributed by atoms with Crippen molar-refractivity contribution < 1.29 is 0 Å². The van der Waals surface area contributed by atoms with Crippen LogP contribution in [0.5, 0.6) is 0 Å². The van der Waals surface area contributed by atoms with Gasteiger partial charge in [0.2, 0.25) is 0 Å². The van der Waals surface area contributed by atoms with Crippen molar-refractivity contribution in [2.24, 2.45) is 0 Å². The fraction of sp³-hybridized carbons (Fsp3) is 0.889. The standard InChI is InChI=1S/C9I19/c10-1(11)2(12,13)3(14,15)4(16,17)5(18,19)6(20,21)7(22,23)8(24,25)9(26,27)28. The van der Waals surface area contributed by atoms with E-state index >= 15 is 0 Å². The first kappa shape index (κ1) is 41.9. The molecule has 0 aliphatic heterocycles. The molecule has 0 aliphatic carbocycles. The second kappa shape index (κ2) is 15.4. The lowest BCUT2D eigenvalue weighted by atomic mass is 10.1. The zero-order valence-electron chi connectivity index (χ0n) is 11.7. The van der Waals surface area contributed by atoms with E-state index in [0.717, 1.165) is 0 Å². The first-order valence-corrected chi connectivity index (χ1v) is 26.1. The van der Waals surface area contributed by atoms with Crippen LogP contribution < -0.4 is 0 Å². The van der Waals surface area contributed by atoms with Crippen molar-refractivity contribution in [1.82, 2.24) is 0 Å². The van der Waals surface area contributed by atoms with Crippen LogP contribution in [-0.4, -0.2) is 9.43 Å². The van der Waals surface area contributed by atoms with Crippen molar-refractivity contribution in [2.45, 2.75) is 9.43 Å². The van der Waals surface area contributed by atoms with Crippen LogP contribution >= 0.6 is 429 Å². The van der Waals surface area contributed by atoms with Crippen LogP contribution in [0.25, 0.3) is 0 Å². The fourth-order valence-corrected chi connectivity index (χ4v) is 28.2. The first-order valence-electron chi connectivity index (χ1n) is 5.59. The molecule has 28 heavy (non-hydrogen) atoms. The molecule has 0 aromatic rings. The average molecular weight is 2520 g/mol. The third kappa shape index (κ3) is 8.77. The van der Waals surface area contributed by atoms with E-state index < -0.39 is 0 Å². The molecule has 0 bridgehead atoms. The van der Waals surface area contributed by atoms with Crippen LogP contribution in [0.15, 0.2) is 0 Å². The zero-order chi connectivity index (χ0) is 23.6. The van der Waals surface area contributed by atoms with Crippen molar-refractivity contribution in [3.63, 3.8) is 0 Å². The van der Waals surface area contributed by atoms with E-state index in [1.807, 2.05) is 0 Å². The predicted octanol–water partition coefficient (Wildman–Crippen LogP) is 15.3. The lowest BCUT2D eigenvalue weighted by Crippen LogP contribution is -2.67. The quantitative estimate of drug-likeness (QED) is 0.168. The lowest BCUT2D eigenvalue weighted by Gasteiger charge is -2.58. The second-order valence-electron chi connectivity index (χ2n) is 4.78. The minimum Gasteiger partial charge on any atom is -0.0623 e. The van der Waals surface area contributed by atoms with Gasteiger partial charge >= 0.3 is 0 Å². The van der Waals surface area contributed by atoms with Gasteiger partial charge in [-0.05, 0) is 0 Å². The summed E-state index contributed by atoms with van der Waals surface area (Å²) in [4.78, 5) is 0. The Labute approximate surface area is 426 Å². The zero-order valence-corrected chi connectivity index (χ0v) is 52.7. The minimum absolute atomic E-state index is 0.00256. The molecule has 0 rings (SSSR count). The lowest BCUT2D eigenvalue weighted by molar-refractivity contribution is 0.685. The van der Waals surface area contributed by atoms with Gasteiger partial charge in [-0.3, -0.25) is 0 Å². The molecule has 0 saturated heterocycles. The Balaban J connectivity index is 6.72. The maximum absolute atomic E-state index is 2.75. The minimum atomic E-state index is -0.0659. The maximum atomic E-state index is 2.75. The summed E-state index contributed by atoms with van der Waals surface area (Å²) >= 11 is 50.7. The third-order valence-electron chi connectivity index (χ3n) is 2.96. The molecule has 0 unspecified atom stereocenters. The van der Waals surface area contributed by atoms with E-state index in [9.17, 15) is 0 Å². The largest absolute Gasteiger partial charge is 0.149 e. The van der Waals surface area contributed by atoms with E-state index in [0.29, 0.717) is 0 Å². The van der Waals surface area contributed by atoms with Crippen LogP contribution in [0.1, 0.15) is 0 Å². The highest BCUT2D eigenvalue weighted by atomic mass is 127. The van der Waals surface area contributed by atoms with Gasteiger partial charge in [0.05, 0.1) is 0 Å². The smallest absolute Gasteiger partial charge is 0.0623 e. The molecule has 0 fully saturated rings. The van der Waals surface area contributed by atoms with Crippen molar-refractivity contribution in [3.8, 4) is 0 Å². The molecular formula is C9I19. The van der Waals surface area contributed by atoms with Gasteiger partial charge in [-0.15, -0.1) is 0 Å². The van der Waals surface area contributed by atoms with E-state index in [4.69, 9.17) is 0 Å². The molecule has 1 radical (unpaired) electrons. The Kier molecular flexibility index (Phi) is 23.1. The van der Waals surface area contributed by atoms with E-state index in [2.05, 4.69) is 429 Å². The summed E-state index contributed by atoms with van der Waals surface area (Å²) in [5.74, 6) is 0. The number of hydrogen-bond donors (Lipinski definition) is 0. The SMILES string of the molecule is I[C](I)C(I)(I)C(I)(I)C(I)(I)C(I)(I)C(I)(I)C(I)(I)C(I)(I)C(I)(I)I. The highest BCUT2D eigenvalue weighted by molar-refractivity contribution is 14.3. The average Bonchev–Trinajstić information content (AvgIpc) is 2.44. The molecule has 0 nitrogen and oxygen atoms in total. The second-order valence-corrected chi connectivity index (χ2v) is 57.1. The summed E-state index contributed by atoms with van der Waals surface area (Å²) in [7, 11) is 0. The summed E-state index contributed by atoms with van der Waals surface area (Å²) in [6, 6.07) is 0. The van der Waals surface area contributed by atoms with Crippen LogP contribution in [0, 0.1) is 1.93 Å². The third-order valence-corrected chi connectivity index (χ3v) is 64.2. The van der Waals surface area contributed by atoms with E-state index in [1.165, 1.54) is 1.93 Å². The summed E-state index contributed by atoms with van der Waals surface area (Å²) in [5, 5.41) is 0. The summed E-state index contributed by atoms with van der Waals surface area (Å²) in [6.45, 7) is 0. The summed E-state index contributed by atoms with van der Waals surface area (Å²) in [5.41, 5.74) is 0. The number of halogens is 19. The number of hydrogen-bond acceptors (Lipinski definition) is 0. The van der Waals surface area contributed by atoms with E-state index in [-0.39, 0.29) is 9.43 Å². The van der Waals surface area contributed by atoms with Crippen molar-refractivity contribution in [3.05, 3.63) is 1.93 Å². The van der Waals surface area contributed by atoms with Gasteiger partial charge in [0.1, 0.15) is 11.4 Å². The summed E-state index contributed by atoms with van der Waals surface area (Å²) in [6.07, 6.45) is 0. The van der Waals surface area contributed by atoms with Gasteiger partial charge in [-0.25, -0.2) is 0 Å². The Morgan fingerprint density at radius 2 is 0.536 bits per heavy atom.